The summed E-state index contributed by atoms with van der Waals surface area (Å²) in [7, 11) is 0. The summed E-state index contributed by atoms with van der Waals surface area (Å²) in [4.78, 5) is 12.1. The van der Waals surface area contributed by atoms with Crippen LogP contribution in [0.1, 0.15) is 42.5 Å². The molecule has 1 fully saturated rings. The van der Waals surface area contributed by atoms with Crippen LogP contribution in [0.5, 0.6) is 0 Å². The van der Waals surface area contributed by atoms with Crippen LogP contribution in [0.4, 0.5) is 11.4 Å². The smallest absolute Gasteiger partial charge is 0.255 e. The molecule has 0 bridgehead atoms. The molecule has 0 aliphatic heterocycles. The van der Waals surface area contributed by atoms with E-state index in [0.29, 0.717) is 11.6 Å². The van der Waals surface area contributed by atoms with Crippen molar-refractivity contribution in [3.63, 3.8) is 0 Å². The van der Waals surface area contributed by atoms with Gasteiger partial charge >= 0.3 is 0 Å². The number of benzene rings is 2. The molecule has 22 heavy (non-hydrogen) atoms. The summed E-state index contributed by atoms with van der Waals surface area (Å²) >= 11 is 0. The number of anilines is 2. The Hall–Kier alpha value is -2.29. The van der Waals surface area contributed by atoms with E-state index in [1.807, 2.05) is 54.6 Å². The summed E-state index contributed by atoms with van der Waals surface area (Å²) in [5, 5.41) is 6.50. The molecule has 0 saturated heterocycles. The van der Waals surface area contributed by atoms with Gasteiger partial charge in [-0.05, 0) is 49.2 Å². The summed E-state index contributed by atoms with van der Waals surface area (Å²) < 4.78 is 0. The second-order valence-electron chi connectivity index (χ2n) is 5.88. The Kier molecular flexibility index (Phi) is 4.74. The average Bonchev–Trinajstić information content (AvgIpc) is 2.58. The van der Waals surface area contributed by atoms with Gasteiger partial charge in [-0.15, -0.1) is 0 Å². The Morgan fingerprint density at radius 2 is 1.45 bits per heavy atom. The lowest BCUT2D eigenvalue weighted by Gasteiger charge is -2.23. The molecule has 2 aromatic carbocycles. The zero-order valence-electron chi connectivity index (χ0n) is 12.7. The van der Waals surface area contributed by atoms with E-state index in [2.05, 4.69) is 10.6 Å². The quantitative estimate of drug-likeness (QED) is 0.859. The molecule has 3 rings (SSSR count). The molecule has 0 spiro atoms. The molecule has 1 amide bonds. The van der Waals surface area contributed by atoms with Gasteiger partial charge in [-0.1, -0.05) is 37.5 Å². The summed E-state index contributed by atoms with van der Waals surface area (Å²) in [6, 6.07) is 17.8. The monoisotopic (exact) mass is 294 g/mol. The maximum Gasteiger partial charge on any atom is 0.255 e. The van der Waals surface area contributed by atoms with Gasteiger partial charge in [-0.2, -0.15) is 0 Å². The highest BCUT2D eigenvalue weighted by atomic mass is 16.1. The van der Waals surface area contributed by atoms with E-state index in [4.69, 9.17) is 0 Å². The average molecular weight is 294 g/mol. The zero-order valence-corrected chi connectivity index (χ0v) is 12.7. The Bertz CT molecular complexity index is 601. The Morgan fingerprint density at radius 3 is 2.14 bits per heavy atom. The SMILES string of the molecule is O=C(Nc1ccc(NC2CCCCC2)cc1)c1ccccc1. The summed E-state index contributed by atoms with van der Waals surface area (Å²) in [5.74, 6) is -0.0754. The maximum atomic E-state index is 12.1. The van der Waals surface area contributed by atoms with Crippen LogP contribution in [0.2, 0.25) is 0 Å². The predicted octanol–water partition coefficient (Wildman–Crippen LogP) is 4.68. The molecule has 0 heterocycles. The molecule has 3 nitrogen and oxygen atoms in total. The highest BCUT2D eigenvalue weighted by Gasteiger charge is 2.12. The largest absolute Gasteiger partial charge is 0.382 e. The first-order valence-electron chi connectivity index (χ1n) is 8.04. The molecule has 1 aliphatic carbocycles. The standard InChI is InChI=1S/C19H22N2O/c22-19(15-7-3-1-4-8-15)21-18-13-11-17(12-14-18)20-16-9-5-2-6-10-16/h1,3-4,7-8,11-14,16,20H,2,5-6,9-10H2,(H,21,22). The van der Waals surface area contributed by atoms with Gasteiger partial charge in [-0.3, -0.25) is 4.79 Å². The van der Waals surface area contributed by atoms with Crippen LogP contribution in [0.15, 0.2) is 54.6 Å². The lowest BCUT2D eigenvalue weighted by Crippen LogP contribution is -2.22. The van der Waals surface area contributed by atoms with Gasteiger partial charge in [0.1, 0.15) is 0 Å². The molecule has 0 radical (unpaired) electrons. The van der Waals surface area contributed by atoms with Gasteiger partial charge in [0.2, 0.25) is 0 Å². The van der Waals surface area contributed by atoms with Crippen molar-refractivity contribution in [2.75, 3.05) is 10.6 Å². The molecule has 2 aromatic rings. The van der Waals surface area contributed by atoms with Crippen molar-refractivity contribution < 1.29 is 4.79 Å². The topological polar surface area (TPSA) is 41.1 Å². The second kappa shape index (κ2) is 7.12. The molecule has 114 valence electrons. The summed E-state index contributed by atoms with van der Waals surface area (Å²) in [5.41, 5.74) is 2.62. The third-order valence-corrected chi connectivity index (χ3v) is 4.15. The van der Waals surface area contributed by atoms with Crippen LogP contribution >= 0.6 is 0 Å². The lowest BCUT2D eigenvalue weighted by atomic mass is 9.95. The molecule has 0 atom stereocenters. The molecular formula is C19H22N2O. The Morgan fingerprint density at radius 1 is 0.818 bits per heavy atom. The van der Waals surface area contributed by atoms with Gasteiger partial charge in [0.15, 0.2) is 0 Å². The minimum atomic E-state index is -0.0754. The van der Waals surface area contributed by atoms with Crippen molar-refractivity contribution in [1.82, 2.24) is 0 Å². The molecule has 3 heteroatoms. The molecular weight excluding hydrogens is 272 g/mol. The molecule has 1 aliphatic rings. The van der Waals surface area contributed by atoms with Crippen molar-refractivity contribution in [2.24, 2.45) is 0 Å². The maximum absolute atomic E-state index is 12.1. The van der Waals surface area contributed by atoms with E-state index in [1.165, 1.54) is 32.1 Å². The van der Waals surface area contributed by atoms with Crippen LogP contribution in [-0.2, 0) is 0 Å². The molecule has 0 unspecified atom stereocenters. The minimum Gasteiger partial charge on any atom is -0.382 e. The zero-order chi connectivity index (χ0) is 15.2. The second-order valence-corrected chi connectivity index (χ2v) is 5.88. The molecule has 1 saturated carbocycles. The van der Waals surface area contributed by atoms with E-state index in [1.54, 1.807) is 0 Å². The fourth-order valence-corrected chi connectivity index (χ4v) is 2.93. The first-order chi connectivity index (χ1) is 10.8. The number of carbonyl (C=O) groups is 1. The minimum absolute atomic E-state index is 0.0754. The van der Waals surface area contributed by atoms with Crippen molar-refractivity contribution in [3.05, 3.63) is 60.2 Å². The normalized spacial score (nSPS) is 15.3. The summed E-state index contributed by atoms with van der Waals surface area (Å²) in [6.45, 7) is 0. The first-order valence-corrected chi connectivity index (χ1v) is 8.04. The number of hydrogen-bond acceptors (Lipinski definition) is 2. The van der Waals surface area contributed by atoms with E-state index >= 15 is 0 Å². The third-order valence-electron chi connectivity index (χ3n) is 4.15. The Balaban J connectivity index is 1.58. The lowest BCUT2D eigenvalue weighted by molar-refractivity contribution is 0.102. The highest BCUT2D eigenvalue weighted by Crippen LogP contribution is 2.22. The van der Waals surface area contributed by atoms with Crippen LogP contribution in [0.3, 0.4) is 0 Å². The van der Waals surface area contributed by atoms with Crippen LogP contribution in [0.25, 0.3) is 0 Å². The summed E-state index contributed by atoms with van der Waals surface area (Å²) in [6.07, 6.45) is 6.52. The number of hydrogen-bond donors (Lipinski definition) is 2. The van der Waals surface area contributed by atoms with Crippen molar-refractivity contribution in [1.29, 1.82) is 0 Å². The van der Waals surface area contributed by atoms with E-state index in [-0.39, 0.29) is 5.91 Å². The van der Waals surface area contributed by atoms with E-state index in [0.717, 1.165) is 11.4 Å². The predicted molar refractivity (Wildman–Crippen MR) is 91.3 cm³/mol. The highest BCUT2D eigenvalue weighted by molar-refractivity contribution is 6.04. The van der Waals surface area contributed by atoms with Crippen molar-refractivity contribution in [3.8, 4) is 0 Å². The first kappa shape index (κ1) is 14.6. The van der Waals surface area contributed by atoms with Crippen LogP contribution in [-0.4, -0.2) is 11.9 Å². The van der Waals surface area contributed by atoms with Gasteiger partial charge in [0.05, 0.1) is 0 Å². The van der Waals surface area contributed by atoms with Crippen molar-refractivity contribution >= 4 is 17.3 Å². The molecule has 2 N–H and O–H groups in total. The number of rotatable bonds is 4. The van der Waals surface area contributed by atoms with Crippen LogP contribution < -0.4 is 10.6 Å². The fourth-order valence-electron chi connectivity index (χ4n) is 2.93. The number of carbonyl (C=O) groups excluding carboxylic acids is 1. The van der Waals surface area contributed by atoms with Crippen molar-refractivity contribution in [2.45, 2.75) is 38.1 Å². The molecule has 0 aromatic heterocycles. The third kappa shape index (κ3) is 3.88. The van der Waals surface area contributed by atoms with E-state index < -0.39 is 0 Å². The van der Waals surface area contributed by atoms with Gasteiger partial charge < -0.3 is 10.6 Å². The Labute approximate surface area is 131 Å². The fraction of sp³-hybridized carbons (Fsp3) is 0.316. The van der Waals surface area contributed by atoms with Gasteiger partial charge in [-0.25, -0.2) is 0 Å². The van der Waals surface area contributed by atoms with E-state index in [9.17, 15) is 4.79 Å². The number of amides is 1. The van der Waals surface area contributed by atoms with Crippen LogP contribution in [0, 0.1) is 0 Å². The van der Waals surface area contributed by atoms with Gasteiger partial charge in [0.25, 0.3) is 5.91 Å². The number of nitrogens with one attached hydrogen (secondary N) is 2. The van der Waals surface area contributed by atoms with Gasteiger partial charge in [0, 0.05) is 23.0 Å².